The molecule has 7 heterocycles. The van der Waals surface area contributed by atoms with Crippen LogP contribution in [0.15, 0.2) is 77.4 Å². The average molecular weight is 1890 g/mol. The monoisotopic (exact) mass is 1890 g/mol. The fraction of sp³-hybridized carbons (Fsp3) is 0.402. The first-order chi connectivity index (χ1) is 59.5. The number of carbonyl (C=O) groups excluding carboxylic acids is 15. The fourth-order valence-electron chi connectivity index (χ4n) is 10.7. The molecule has 10 rings (SSSR count). The minimum atomic E-state index is -4.67. The van der Waals surface area contributed by atoms with Gasteiger partial charge in [-0.15, -0.1) is 4.91 Å². The second-order valence-electron chi connectivity index (χ2n) is 30.3. The molecule has 39 nitrogen and oxygen atoms in total. The van der Waals surface area contributed by atoms with E-state index in [1.807, 2.05) is 20.0 Å². The Hall–Kier alpha value is -12.3. The normalized spacial score (nSPS) is 11.5. The van der Waals surface area contributed by atoms with Crippen LogP contribution in [0.3, 0.4) is 0 Å². The van der Waals surface area contributed by atoms with Gasteiger partial charge in [0.15, 0.2) is 12.6 Å². The van der Waals surface area contributed by atoms with Gasteiger partial charge < -0.3 is 84.7 Å². The van der Waals surface area contributed by atoms with Crippen LogP contribution in [0.5, 0.6) is 0 Å². The molecule has 7 aromatic rings. The molecule has 0 radical (unpaired) electrons. The number of carboxylic acid groups (broad SMARTS) is 1. The van der Waals surface area contributed by atoms with Crippen LogP contribution in [0.2, 0.25) is 0 Å². The van der Waals surface area contributed by atoms with E-state index >= 15 is 0 Å². The molecule has 0 fully saturated rings. The number of aromatic nitrogens is 4. The van der Waals surface area contributed by atoms with Crippen LogP contribution in [0.25, 0.3) is 0 Å². The molecule has 3 amide bonds. The minimum absolute atomic E-state index is 0. The van der Waals surface area contributed by atoms with Gasteiger partial charge in [0.05, 0.1) is 84.2 Å². The number of ketones is 3. The molecule has 3 aliphatic rings. The van der Waals surface area contributed by atoms with E-state index in [4.69, 9.17) is 56.2 Å². The second kappa shape index (κ2) is 57.7. The largest absolute Gasteiger partial charge is 1.00 e. The first-order valence-electron chi connectivity index (χ1n) is 38.9. The van der Waals surface area contributed by atoms with Crippen LogP contribution in [0, 0.1) is 77.7 Å². The minimum Gasteiger partial charge on any atom is -0.870 e. The number of halogens is 3. The molecule has 0 bridgehead atoms. The molecule has 44 heteroatoms. The standard InChI is InChI=1S/C14H21NO4.C10H13NO3.C9H13NO2.C8H4FNO2.2C8H6FNO.C8H13NO4.C8H9NO3.C8H14O3.C6H10O3.K.H2O4S.H2O/c1-7-18-12(16)10-8(2)11(15-9(10)3)13(17)19-14(4,5)6;1-4-14-10(13)9-6(2)8(5-12)11-7(9)3;1-4-12-9(11)8-6(2)5-10-7(8)3;9-4-1-2-6-5(3-4)7(11)8(12)10-6;2*9-6-1-2-7-5(3-6)4-8(11)10-7;1-5(10)6(9-12)7(11)13-8(2,3)4;1-4-6(3-10)9-5(2)7(4)8(11)12;1-6(9)5-7(10)11-8(2,3)4;1-3-9-6(8)4-5(2)7;;1-5(2,3)4;/h15H,7H2,1-6H3;5,11H,4H2,1-3H3;5,10H,4H2,1-3H3;1-3H,(H,10,11,12);2*1-3H,4H2,(H,10,11);10H,1-4H3;3,9H,1-2H3,(H,11,12);5H2,1-4H3;3-4H2,1-2H3;;(H2,1,2,3,4);1H2/q;;;;;;;;;;+1;;/p-1. The van der Waals surface area contributed by atoms with Crippen LogP contribution in [0.1, 0.15) is 263 Å². The number of allylic oxidation sites excluding steroid dienone is 1. The van der Waals surface area contributed by atoms with Gasteiger partial charge in [-0.1, -0.05) is 0 Å². The third kappa shape index (κ3) is 46.2. The van der Waals surface area contributed by atoms with Crippen LogP contribution in [-0.4, -0.2) is 192 Å². The smallest absolute Gasteiger partial charge is 0.870 e. The zero-order valence-corrected chi connectivity index (χ0v) is 81.4. The summed E-state index contributed by atoms with van der Waals surface area (Å²) in [7, 11) is -4.67. The number of H-pyrrole nitrogens is 4. The van der Waals surface area contributed by atoms with Gasteiger partial charge in [0.25, 0.3) is 11.7 Å². The molecule has 0 aliphatic carbocycles. The first-order valence-corrected chi connectivity index (χ1v) is 40.3. The summed E-state index contributed by atoms with van der Waals surface area (Å²) in [6.45, 7) is 41.8. The number of aldehydes is 2. The summed E-state index contributed by atoms with van der Waals surface area (Å²) in [6.07, 6.45) is 3.49. The van der Waals surface area contributed by atoms with Gasteiger partial charge >= 0.3 is 110 Å². The zero-order chi connectivity index (χ0) is 99.8. The number of hydrogen-bond donors (Lipinski definition) is 11. The molecule has 714 valence electrons. The van der Waals surface area contributed by atoms with Crippen molar-refractivity contribution in [3.05, 3.63) is 196 Å². The Bertz CT molecular complexity index is 5290. The van der Waals surface area contributed by atoms with Crippen molar-refractivity contribution in [1.82, 2.24) is 19.9 Å². The van der Waals surface area contributed by atoms with E-state index in [1.54, 1.807) is 144 Å². The molecule has 3 aliphatic heterocycles. The van der Waals surface area contributed by atoms with Gasteiger partial charge in [0, 0.05) is 40.3 Å². The van der Waals surface area contributed by atoms with Gasteiger partial charge in [-0.3, -0.25) is 57.1 Å². The molecule has 131 heavy (non-hydrogen) atoms. The molecular formula is C87H112F3KN8O31S. The number of esters is 7. The van der Waals surface area contributed by atoms with Crippen molar-refractivity contribution in [1.29, 1.82) is 0 Å². The Balaban J connectivity index is -0.00000139. The number of benzene rings is 3. The molecule has 12 N–H and O–H groups in total. The van der Waals surface area contributed by atoms with E-state index in [1.165, 1.54) is 57.2 Å². The summed E-state index contributed by atoms with van der Waals surface area (Å²) < 4.78 is 103. The molecular weight excluding hydrogens is 1780 g/mol. The van der Waals surface area contributed by atoms with Crippen LogP contribution < -0.4 is 67.3 Å². The van der Waals surface area contributed by atoms with Crippen LogP contribution >= 0.6 is 0 Å². The molecule has 0 saturated carbocycles. The summed E-state index contributed by atoms with van der Waals surface area (Å²) in [5, 5.41) is 27.5. The number of rotatable bonds is 17. The van der Waals surface area contributed by atoms with Gasteiger partial charge in [0.2, 0.25) is 17.5 Å². The van der Waals surface area contributed by atoms with Crippen LogP contribution in [0.4, 0.5) is 30.2 Å². The summed E-state index contributed by atoms with van der Waals surface area (Å²) in [4.78, 5) is 196. The van der Waals surface area contributed by atoms with Crippen molar-refractivity contribution >= 4 is 123 Å². The Morgan fingerprint density at radius 3 is 1.20 bits per heavy atom. The number of ether oxygens (including phenoxy) is 7. The van der Waals surface area contributed by atoms with Crippen molar-refractivity contribution in [2.45, 2.75) is 209 Å². The summed E-state index contributed by atoms with van der Waals surface area (Å²) in [5.74, 6) is -7.70. The summed E-state index contributed by atoms with van der Waals surface area (Å²) in [6, 6.07) is 12.2. The number of aromatic carboxylic acids is 1. The molecule has 0 spiro atoms. The van der Waals surface area contributed by atoms with E-state index in [0.717, 1.165) is 39.8 Å². The average Bonchev–Trinajstić information content (AvgIpc) is 1.64. The fourth-order valence-corrected chi connectivity index (χ4v) is 10.7. The van der Waals surface area contributed by atoms with E-state index < -0.39 is 92.0 Å². The number of nitrogens with zero attached hydrogens (tertiary/aromatic N) is 1. The summed E-state index contributed by atoms with van der Waals surface area (Å²) in [5.41, 5.74) is 9.19. The topological polar surface area (TPSA) is 611 Å². The van der Waals surface area contributed by atoms with Gasteiger partial charge in [0.1, 0.15) is 70.1 Å². The Labute approximate surface area is 796 Å². The van der Waals surface area contributed by atoms with Gasteiger partial charge in [-0.05, 0) is 259 Å². The maximum Gasteiger partial charge on any atom is 1.00 e. The number of hydrogen-bond acceptors (Lipinski definition) is 29. The van der Waals surface area contributed by atoms with Crippen molar-refractivity contribution in [2.24, 2.45) is 5.18 Å². The predicted molar refractivity (Wildman–Crippen MR) is 465 cm³/mol. The molecule has 3 aromatic carbocycles. The maximum absolute atomic E-state index is 12.6. The Kier molecular flexibility index (Phi) is 54.1. The van der Waals surface area contributed by atoms with Crippen molar-refractivity contribution in [3.63, 3.8) is 0 Å². The number of fused-ring (bicyclic) bond motifs is 3. The number of nitroso groups, excluding NO2 is 1. The van der Waals surface area contributed by atoms with Crippen molar-refractivity contribution in [3.8, 4) is 0 Å². The number of carboxylic acids is 1. The Morgan fingerprint density at radius 1 is 0.489 bits per heavy atom. The molecule has 0 saturated heterocycles. The van der Waals surface area contributed by atoms with E-state index in [0.29, 0.717) is 125 Å². The number of anilines is 3. The number of amides is 3. The first kappa shape index (κ1) is 123. The predicted octanol–water partition coefficient (Wildman–Crippen LogP) is 10.8. The molecule has 0 atom stereocenters. The third-order valence-electron chi connectivity index (χ3n) is 15.8. The van der Waals surface area contributed by atoms with E-state index in [9.17, 15) is 94.8 Å². The molecule has 0 unspecified atom stereocenters. The zero-order valence-electron chi connectivity index (χ0n) is 77.4. The van der Waals surface area contributed by atoms with Crippen molar-refractivity contribution < 1.29 is 208 Å². The number of aromatic amines is 4. The van der Waals surface area contributed by atoms with Crippen LogP contribution in [-0.2, 0) is 94.8 Å². The Morgan fingerprint density at radius 2 is 0.855 bits per heavy atom. The number of aliphatic hydroxyl groups excluding tert-OH is 1. The summed E-state index contributed by atoms with van der Waals surface area (Å²) >= 11 is 0. The third-order valence-corrected chi connectivity index (χ3v) is 15.8. The number of aliphatic hydroxyl groups is 1. The van der Waals surface area contributed by atoms with Gasteiger partial charge in [-0.2, -0.15) is 8.42 Å². The second-order valence-corrected chi connectivity index (χ2v) is 31.2. The number of nitrogens with one attached hydrogen (secondary N) is 7. The van der Waals surface area contributed by atoms with Gasteiger partial charge in [-0.25, -0.2) is 41.9 Å². The maximum atomic E-state index is 12.6. The number of carbonyl (C=O) groups is 16. The molecule has 4 aromatic heterocycles. The number of Topliss-reactive ketones (excluding diaryl/α,β-unsaturated/α-hetero) is 3. The number of aryl methyl sites for hydroxylation is 5. The quantitative estimate of drug-likeness (QED) is 0.00385. The van der Waals surface area contributed by atoms with Crippen molar-refractivity contribution in [2.75, 3.05) is 42.4 Å². The van der Waals surface area contributed by atoms with E-state index in [-0.39, 0.29) is 128 Å². The van der Waals surface area contributed by atoms with E-state index in [2.05, 4.69) is 45.8 Å². The SMILES string of the molecule is CC(=O)CC(=O)OC(C)(C)C.CC(O)=C(N=O)C(=O)OC(C)(C)C.CCOC(=O)CC(C)=O.CCOC(=O)c1c(C)[nH]c(C(=O)OC(C)(C)C)c1C.CCOC(=O)c1c(C)[nH]c(C=O)c1C.CCOC(=O)c1c(C)c[nH]c1C.Cc1[nH]c(C=O)c(C)c1C(=O)O.O=C1Cc2cc(F)ccc2N1.O=C1Cc2cc(F)ccc2N1.O=C1Nc2ccc(F)cc2C1=O.O=S(=O)(O)O.[K+].[OH-].